The zero-order valence-electron chi connectivity index (χ0n) is 21.9. The molecule has 4 N–H and O–H groups in total. The maximum absolute atomic E-state index is 6.33. The van der Waals surface area contributed by atoms with Crippen molar-refractivity contribution in [3.8, 4) is 5.69 Å². The fourth-order valence-electron chi connectivity index (χ4n) is 4.28. The van der Waals surface area contributed by atoms with Crippen molar-refractivity contribution in [3.05, 3.63) is 66.6 Å². The third kappa shape index (κ3) is 7.28. The minimum atomic E-state index is 0.245. The molecular weight excluding hydrogens is 466 g/mol. The molecule has 0 aliphatic carbocycles. The molecule has 37 heavy (non-hydrogen) atoms. The Morgan fingerprint density at radius 2 is 2.00 bits per heavy atom. The maximum atomic E-state index is 6.33. The third-order valence-corrected chi connectivity index (χ3v) is 6.36. The van der Waals surface area contributed by atoms with Crippen molar-refractivity contribution in [1.82, 2.24) is 35.1 Å². The number of aliphatic imine (C=N–C) groups is 1. The molecule has 0 unspecified atom stereocenters. The van der Waals surface area contributed by atoms with Crippen LogP contribution in [0.25, 0.3) is 11.5 Å². The Hall–Kier alpha value is -3.47. The van der Waals surface area contributed by atoms with Gasteiger partial charge in [0.05, 0.1) is 31.6 Å². The van der Waals surface area contributed by atoms with Crippen LogP contribution in [0, 0.1) is 0 Å². The maximum Gasteiger partial charge on any atom is 0.162 e. The molecule has 1 aliphatic heterocycles. The second kappa shape index (κ2) is 13.2. The summed E-state index contributed by atoms with van der Waals surface area (Å²) in [6, 6.07) is 10.0. The van der Waals surface area contributed by atoms with Crippen molar-refractivity contribution in [2.45, 2.75) is 32.7 Å². The molecule has 1 aromatic carbocycles. The second-order valence-corrected chi connectivity index (χ2v) is 9.46. The lowest BCUT2D eigenvalue weighted by atomic mass is 10.1. The number of rotatable bonds is 13. The molecule has 0 amide bonds. The van der Waals surface area contributed by atoms with Crippen LogP contribution in [0.4, 0.5) is 5.82 Å². The van der Waals surface area contributed by atoms with Gasteiger partial charge in [0.15, 0.2) is 5.82 Å². The van der Waals surface area contributed by atoms with Crippen LogP contribution in [0.2, 0.25) is 0 Å². The molecule has 10 heteroatoms. The number of hydrogen-bond acceptors (Lipinski definition) is 7. The van der Waals surface area contributed by atoms with Gasteiger partial charge in [-0.3, -0.25) is 4.90 Å². The molecule has 10 nitrogen and oxygen atoms in total. The van der Waals surface area contributed by atoms with Gasteiger partial charge in [0.1, 0.15) is 11.7 Å². The number of amidine groups is 1. The van der Waals surface area contributed by atoms with Gasteiger partial charge in [0.2, 0.25) is 0 Å². The van der Waals surface area contributed by atoms with E-state index in [-0.39, 0.29) is 5.92 Å². The fraction of sp³-hybridized carbons (Fsp3) is 0.444. The van der Waals surface area contributed by atoms with Crippen molar-refractivity contribution in [3.63, 3.8) is 0 Å². The van der Waals surface area contributed by atoms with Crippen LogP contribution in [0.3, 0.4) is 0 Å². The summed E-state index contributed by atoms with van der Waals surface area (Å²) in [5.74, 6) is 2.11. The molecule has 1 fully saturated rings. The molecule has 0 bridgehead atoms. The predicted molar refractivity (Wildman–Crippen MR) is 148 cm³/mol. The minimum Gasteiger partial charge on any atom is -0.386 e. The number of para-hydroxylation sites is 1. The van der Waals surface area contributed by atoms with Crippen LogP contribution in [-0.4, -0.2) is 76.2 Å². The number of hydrogen-bond donors (Lipinski definition) is 3. The van der Waals surface area contributed by atoms with Gasteiger partial charge in [-0.2, -0.15) is 14.9 Å². The lowest BCUT2D eigenvalue weighted by Gasteiger charge is -2.26. The normalized spacial score (nSPS) is 14.8. The van der Waals surface area contributed by atoms with E-state index in [0.29, 0.717) is 30.6 Å². The number of morpholine rings is 1. The van der Waals surface area contributed by atoms with Gasteiger partial charge in [-0.15, -0.1) is 0 Å². The van der Waals surface area contributed by atoms with Crippen LogP contribution in [0.5, 0.6) is 0 Å². The molecule has 0 spiro atoms. The van der Waals surface area contributed by atoms with E-state index < -0.39 is 0 Å². The van der Waals surface area contributed by atoms with Crippen LogP contribution in [0.15, 0.2) is 60.5 Å². The van der Waals surface area contributed by atoms with Gasteiger partial charge < -0.3 is 21.1 Å². The predicted octanol–water partition coefficient (Wildman–Crippen LogP) is 2.71. The summed E-state index contributed by atoms with van der Waals surface area (Å²) in [6.45, 7) is 15.2. The van der Waals surface area contributed by atoms with E-state index in [1.165, 1.54) is 0 Å². The molecule has 1 aliphatic rings. The highest BCUT2D eigenvalue weighted by Crippen LogP contribution is 2.28. The van der Waals surface area contributed by atoms with Crippen LogP contribution in [-0.2, 0) is 11.3 Å². The lowest BCUT2D eigenvalue weighted by Crippen LogP contribution is -2.38. The molecule has 1 saturated heterocycles. The van der Waals surface area contributed by atoms with Crippen molar-refractivity contribution in [1.29, 1.82) is 0 Å². The first-order valence-corrected chi connectivity index (χ1v) is 13.0. The number of nitrogens with one attached hydrogen (secondary N) is 2. The van der Waals surface area contributed by atoms with Crippen molar-refractivity contribution in [2.24, 2.45) is 10.7 Å². The topological polar surface area (TPSA) is 111 Å². The van der Waals surface area contributed by atoms with Gasteiger partial charge in [-0.05, 0) is 43.1 Å². The Bertz CT molecular complexity index is 1160. The highest BCUT2D eigenvalue weighted by molar-refractivity contribution is 5.85. The van der Waals surface area contributed by atoms with Gasteiger partial charge in [0.25, 0.3) is 0 Å². The first-order valence-electron chi connectivity index (χ1n) is 13.0. The molecule has 3 aromatic rings. The Morgan fingerprint density at radius 3 is 2.76 bits per heavy atom. The highest BCUT2D eigenvalue weighted by atomic mass is 16.5. The number of nitrogens with zero attached hydrogens (tertiary/aromatic N) is 6. The number of aromatic nitrogens is 4. The molecule has 0 atom stereocenters. The van der Waals surface area contributed by atoms with E-state index in [0.717, 1.165) is 62.6 Å². The van der Waals surface area contributed by atoms with Crippen molar-refractivity contribution in [2.75, 3.05) is 45.9 Å². The fourth-order valence-corrected chi connectivity index (χ4v) is 4.28. The molecule has 4 rings (SSSR count). The van der Waals surface area contributed by atoms with Gasteiger partial charge in [-0.25, -0.2) is 9.67 Å². The standard InChI is InChI=1S/C27H39N9O/c1-21(2)24-19-32-36(22(3)30-18-23-8-4-5-9-25(23)35-13-7-11-31-35)27(24)33-26(28)20-29-10-6-12-34-14-16-37-17-15-34/h4-5,7-9,11,13,19,21,29-30H,3,6,10,12,14-18,20H2,1-2H3,(H2,28,33). The number of nitrogens with two attached hydrogens (primary N) is 1. The molecular formula is C27H39N9O. The number of benzene rings is 1. The summed E-state index contributed by atoms with van der Waals surface area (Å²) < 4.78 is 9.00. The Labute approximate surface area is 219 Å². The largest absolute Gasteiger partial charge is 0.386 e. The van der Waals surface area contributed by atoms with Gasteiger partial charge in [0, 0.05) is 37.6 Å². The first-order chi connectivity index (χ1) is 18.0. The van der Waals surface area contributed by atoms with E-state index in [1.807, 2.05) is 41.3 Å². The average Bonchev–Trinajstić information content (AvgIpc) is 3.59. The Balaban J connectivity index is 1.37. The van der Waals surface area contributed by atoms with Crippen LogP contribution < -0.4 is 16.4 Å². The summed E-state index contributed by atoms with van der Waals surface area (Å²) in [6.07, 6.45) is 6.61. The first kappa shape index (κ1) is 26.6. The second-order valence-electron chi connectivity index (χ2n) is 9.46. The SMILES string of the molecule is C=C(NCc1ccccc1-n1cccn1)n1ncc(C(C)C)c1/N=C(\N)CNCCCN1CCOCC1. The number of ether oxygens (including phenoxy) is 1. The molecule has 0 saturated carbocycles. The molecule has 198 valence electrons. The van der Waals surface area contributed by atoms with E-state index in [2.05, 4.69) is 52.2 Å². The van der Waals surface area contributed by atoms with Crippen LogP contribution >= 0.6 is 0 Å². The van der Waals surface area contributed by atoms with Crippen LogP contribution in [0.1, 0.15) is 37.3 Å². The summed E-state index contributed by atoms with van der Waals surface area (Å²) in [5.41, 5.74) is 9.45. The van der Waals surface area contributed by atoms with Crippen molar-refractivity contribution < 1.29 is 4.74 Å². The minimum absolute atomic E-state index is 0.245. The average molecular weight is 506 g/mol. The Kier molecular flexibility index (Phi) is 9.47. The highest BCUT2D eigenvalue weighted by Gasteiger charge is 2.16. The quantitative estimate of drug-likeness (QED) is 0.186. The van der Waals surface area contributed by atoms with E-state index >= 15 is 0 Å². The Morgan fingerprint density at radius 1 is 1.19 bits per heavy atom. The molecule has 3 heterocycles. The molecule has 2 aromatic heterocycles. The van der Waals surface area contributed by atoms with E-state index in [9.17, 15) is 0 Å². The van der Waals surface area contributed by atoms with Gasteiger partial charge in [-0.1, -0.05) is 38.6 Å². The summed E-state index contributed by atoms with van der Waals surface area (Å²) in [4.78, 5) is 7.19. The molecule has 0 radical (unpaired) electrons. The summed E-state index contributed by atoms with van der Waals surface area (Å²) in [5, 5.41) is 15.8. The van der Waals surface area contributed by atoms with E-state index in [4.69, 9.17) is 15.5 Å². The zero-order valence-corrected chi connectivity index (χ0v) is 21.9. The monoisotopic (exact) mass is 505 g/mol. The summed E-state index contributed by atoms with van der Waals surface area (Å²) in [7, 11) is 0. The van der Waals surface area contributed by atoms with Gasteiger partial charge >= 0.3 is 0 Å². The third-order valence-electron chi connectivity index (χ3n) is 6.36. The van der Waals surface area contributed by atoms with E-state index in [1.54, 1.807) is 10.9 Å². The van der Waals surface area contributed by atoms with Crippen molar-refractivity contribution >= 4 is 17.5 Å². The lowest BCUT2D eigenvalue weighted by molar-refractivity contribution is 0.0375. The zero-order chi connectivity index (χ0) is 26.0. The smallest absolute Gasteiger partial charge is 0.162 e. The summed E-state index contributed by atoms with van der Waals surface area (Å²) >= 11 is 0.